The van der Waals surface area contributed by atoms with E-state index in [0.717, 1.165) is 11.1 Å². The summed E-state index contributed by atoms with van der Waals surface area (Å²) in [5, 5.41) is 0.446. The Morgan fingerprint density at radius 1 is 1.00 bits per heavy atom. The van der Waals surface area contributed by atoms with E-state index in [4.69, 9.17) is 4.42 Å². The average molecular weight is 369 g/mol. The fourth-order valence-electron chi connectivity index (χ4n) is 3.61. The van der Waals surface area contributed by atoms with Gasteiger partial charge in [0.2, 0.25) is 5.76 Å². The summed E-state index contributed by atoms with van der Waals surface area (Å²) in [6.45, 7) is 1.92. The monoisotopic (exact) mass is 369 g/mol. The fraction of sp³-hybridized carbons (Fsp3) is 0.0909. The van der Waals surface area contributed by atoms with Gasteiger partial charge in [0.05, 0.1) is 17.0 Å². The lowest BCUT2D eigenvalue weighted by atomic mass is 10.00. The highest BCUT2D eigenvalue weighted by atomic mass is 16.3. The van der Waals surface area contributed by atoms with Crippen molar-refractivity contribution in [1.29, 1.82) is 0 Å². The van der Waals surface area contributed by atoms with Gasteiger partial charge in [0.1, 0.15) is 11.4 Å². The Bertz CT molecular complexity index is 1260. The first-order valence-corrected chi connectivity index (χ1v) is 8.87. The summed E-state index contributed by atoms with van der Waals surface area (Å²) < 4.78 is 5.89. The van der Waals surface area contributed by atoms with Crippen LogP contribution in [0.5, 0.6) is 0 Å². The standard InChI is InChI=1S/C22H15N3O3/c1-13-8-9-17(24-11-13)25-19(14-5-4-10-23-12-14)18-20(26)15-6-2-3-7-16(15)28-21(18)22(25)27/h2-12,19H,1H3/t19-/m1/s1. The number of carbonyl (C=O) groups excluding carboxylic acids is 1. The minimum absolute atomic E-state index is 0.0555. The van der Waals surface area contributed by atoms with Crippen LogP contribution in [0.1, 0.15) is 33.3 Å². The number of hydrogen-bond acceptors (Lipinski definition) is 5. The molecule has 1 aliphatic heterocycles. The number of para-hydroxylation sites is 1. The summed E-state index contributed by atoms with van der Waals surface area (Å²) in [6.07, 6.45) is 5.00. The molecule has 0 saturated carbocycles. The van der Waals surface area contributed by atoms with Crippen LogP contribution in [-0.4, -0.2) is 15.9 Å². The van der Waals surface area contributed by atoms with E-state index < -0.39 is 6.04 Å². The lowest BCUT2D eigenvalue weighted by Crippen LogP contribution is -2.30. The molecule has 28 heavy (non-hydrogen) atoms. The Labute approximate surface area is 160 Å². The van der Waals surface area contributed by atoms with E-state index in [1.54, 1.807) is 55.0 Å². The molecule has 6 nitrogen and oxygen atoms in total. The van der Waals surface area contributed by atoms with E-state index >= 15 is 0 Å². The molecule has 1 aromatic carbocycles. The number of anilines is 1. The van der Waals surface area contributed by atoms with Gasteiger partial charge in [0.25, 0.3) is 5.91 Å². The Morgan fingerprint density at radius 3 is 2.61 bits per heavy atom. The fourth-order valence-corrected chi connectivity index (χ4v) is 3.61. The first-order valence-electron chi connectivity index (χ1n) is 8.87. The molecule has 0 N–H and O–H groups in total. The molecule has 6 heteroatoms. The Morgan fingerprint density at radius 2 is 1.86 bits per heavy atom. The van der Waals surface area contributed by atoms with Gasteiger partial charge in [-0.2, -0.15) is 0 Å². The van der Waals surface area contributed by atoms with Gasteiger partial charge in [0.15, 0.2) is 5.43 Å². The second-order valence-electron chi connectivity index (χ2n) is 6.73. The molecule has 4 heterocycles. The van der Waals surface area contributed by atoms with Crippen molar-refractivity contribution in [1.82, 2.24) is 9.97 Å². The van der Waals surface area contributed by atoms with Gasteiger partial charge in [0, 0.05) is 18.6 Å². The zero-order valence-electron chi connectivity index (χ0n) is 15.0. The Balaban J connectivity index is 1.82. The zero-order valence-corrected chi connectivity index (χ0v) is 15.0. The predicted octanol–water partition coefficient (Wildman–Crippen LogP) is 3.64. The molecule has 0 spiro atoms. The van der Waals surface area contributed by atoms with Gasteiger partial charge in [-0.15, -0.1) is 0 Å². The molecule has 0 unspecified atom stereocenters. The molecule has 0 bridgehead atoms. The number of aryl methyl sites for hydroxylation is 1. The summed E-state index contributed by atoms with van der Waals surface area (Å²) in [5.74, 6) is 0.127. The highest BCUT2D eigenvalue weighted by Gasteiger charge is 2.44. The number of fused-ring (bicyclic) bond motifs is 2. The maximum Gasteiger partial charge on any atom is 0.296 e. The van der Waals surface area contributed by atoms with Gasteiger partial charge < -0.3 is 4.42 Å². The highest BCUT2D eigenvalue weighted by Crippen LogP contribution is 2.40. The van der Waals surface area contributed by atoms with Crippen molar-refractivity contribution in [2.45, 2.75) is 13.0 Å². The number of pyridine rings is 2. The van der Waals surface area contributed by atoms with Crippen molar-refractivity contribution in [3.8, 4) is 0 Å². The molecular weight excluding hydrogens is 354 g/mol. The largest absolute Gasteiger partial charge is 0.450 e. The minimum Gasteiger partial charge on any atom is -0.450 e. The average Bonchev–Trinajstić information content (AvgIpc) is 3.02. The van der Waals surface area contributed by atoms with Crippen molar-refractivity contribution >= 4 is 22.7 Å². The maximum absolute atomic E-state index is 13.3. The summed E-state index contributed by atoms with van der Waals surface area (Å²) in [7, 11) is 0. The van der Waals surface area contributed by atoms with Crippen LogP contribution in [0.3, 0.4) is 0 Å². The molecule has 1 amide bonds. The van der Waals surface area contributed by atoms with E-state index in [0.29, 0.717) is 22.4 Å². The second-order valence-corrected chi connectivity index (χ2v) is 6.73. The Kier molecular flexibility index (Phi) is 3.58. The molecule has 3 aromatic heterocycles. The van der Waals surface area contributed by atoms with Crippen LogP contribution in [0.4, 0.5) is 5.82 Å². The number of rotatable bonds is 2. The lowest BCUT2D eigenvalue weighted by Gasteiger charge is -2.23. The summed E-state index contributed by atoms with van der Waals surface area (Å²) in [5.41, 5.74) is 2.20. The molecule has 5 rings (SSSR count). The Hall–Kier alpha value is -3.80. The number of aromatic nitrogens is 2. The number of carbonyl (C=O) groups is 1. The van der Waals surface area contributed by atoms with Gasteiger partial charge in [-0.05, 0) is 42.3 Å². The van der Waals surface area contributed by atoms with Crippen molar-refractivity contribution < 1.29 is 9.21 Å². The van der Waals surface area contributed by atoms with Gasteiger partial charge in [-0.25, -0.2) is 4.98 Å². The second kappa shape index (κ2) is 6.13. The smallest absolute Gasteiger partial charge is 0.296 e. The van der Waals surface area contributed by atoms with Crippen LogP contribution in [0, 0.1) is 6.92 Å². The van der Waals surface area contributed by atoms with E-state index in [1.165, 1.54) is 4.90 Å². The third kappa shape index (κ3) is 2.35. The summed E-state index contributed by atoms with van der Waals surface area (Å²) in [4.78, 5) is 36.7. The van der Waals surface area contributed by atoms with E-state index in [-0.39, 0.29) is 17.1 Å². The molecule has 136 valence electrons. The maximum atomic E-state index is 13.3. The highest BCUT2D eigenvalue weighted by molar-refractivity contribution is 6.10. The van der Waals surface area contributed by atoms with Crippen LogP contribution < -0.4 is 10.3 Å². The number of hydrogen-bond donors (Lipinski definition) is 0. The van der Waals surface area contributed by atoms with Crippen LogP contribution in [-0.2, 0) is 0 Å². The molecule has 0 aliphatic carbocycles. The predicted molar refractivity (Wildman–Crippen MR) is 104 cm³/mol. The summed E-state index contributed by atoms with van der Waals surface area (Å²) in [6, 6.07) is 13.6. The zero-order chi connectivity index (χ0) is 19.3. The third-order valence-electron chi connectivity index (χ3n) is 4.92. The van der Waals surface area contributed by atoms with Gasteiger partial charge in [-0.3, -0.25) is 19.5 Å². The van der Waals surface area contributed by atoms with Crippen molar-refractivity contribution in [3.05, 3.63) is 99.8 Å². The van der Waals surface area contributed by atoms with Gasteiger partial charge in [-0.1, -0.05) is 24.3 Å². The third-order valence-corrected chi connectivity index (χ3v) is 4.92. The summed E-state index contributed by atoms with van der Waals surface area (Å²) >= 11 is 0. The molecule has 0 fully saturated rings. The molecule has 1 atom stereocenters. The quantitative estimate of drug-likeness (QED) is 0.539. The SMILES string of the molecule is Cc1ccc(N2C(=O)c3oc4ccccc4c(=O)c3[C@H]2c2cccnc2)nc1. The molecule has 4 aromatic rings. The van der Waals surface area contributed by atoms with Crippen LogP contribution >= 0.6 is 0 Å². The van der Waals surface area contributed by atoms with Gasteiger partial charge >= 0.3 is 0 Å². The first-order chi connectivity index (χ1) is 13.6. The normalized spacial score (nSPS) is 15.8. The number of amides is 1. The van der Waals surface area contributed by atoms with Crippen LogP contribution in [0.15, 0.2) is 76.3 Å². The van der Waals surface area contributed by atoms with E-state index in [1.807, 2.05) is 19.1 Å². The molecule has 0 saturated heterocycles. The molecule has 1 aliphatic rings. The van der Waals surface area contributed by atoms with Crippen molar-refractivity contribution in [3.63, 3.8) is 0 Å². The molecular formula is C22H15N3O3. The number of nitrogens with zero attached hydrogens (tertiary/aromatic N) is 3. The minimum atomic E-state index is -0.646. The number of benzene rings is 1. The lowest BCUT2D eigenvalue weighted by molar-refractivity contribution is 0.0970. The van der Waals surface area contributed by atoms with E-state index in [9.17, 15) is 9.59 Å². The van der Waals surface area contributed by atoms with Crippen LogP contribution in [0.25, 0.3) is 11.0 Å². The topological polar surface area (TPSA) is 76.3 Å². The van der Waals surface area contributed by atoms with Crippen molar-refractivity contribution in [2.24, 2.45) is 0 Å². The van der Waals surface area contributed by atoms with E-state index in [2.05, 4.69) is 9.97 Å². The van der Waals surface area contributed by atoms with Crippen LogP contribution in [0.2, 0.25) is 0 Å². The molecule has 0 radical (unpaired) electrons. The first kappa shape index (κ1) is 16.4. The van der Waals surface area contributed by atoms with Crippen molar-refractivity contribution in [2.75, 3.05) is 4.90 Å².